The highest BCUT2D eigenvalue weighted by Gasteiger charge is 2.41. The van der Waals surface area contributed by atoms with Crippen molar-refractivity contribution >= 4 is 46.3 Å². The van der Waals surface area contributed by atoms with Crippen LogP contribution in [0.1, 0.15) is 17.2 Å². The van der Waals surface area contributed by atoms with Crippen LogP contribution >= 0.6 is 24.0 Å². The lowest BCUT2D eigenvalue weighted by Crippen LogP contribution is -2.37. The fourth-order valence-corrected chi connectivity index (χ4v) is 4.21. The zero-order valence-electron chi connectivity index (χ0n) is 15.1. The van der Waals surface area contributed by atoms with Crippen molar-refractivity contribution in [1.29, 1.82) is 0 Å². The summed E-state index contributed by atoms with van der Waals surface area (Å²) in [6.07, 6.45) is 1.63. The summed E-state index contributed by atoms with van der Waals surface area (Å²) in [4.78, 5) is 26.4. The summed E-state index contributed by atoms with van der Waals surface area (Å²) in [6, 6.07) is 12.7. The number of nitrogens with zero attached hydrogens (tertiary/aromatic N) is 1. The molecule has 1 aliphatic heterocycles. The molecule has 0 aromatic heterocycles. The van der Waals surface area contributed by atoms with E-state index in [0.717, 1.165) is 16.7 Å². The Hall–Kier alpha value is -2.84. The number of ether oxygens (including phenoxy) is 2. The Morgan fingerprint density at radius 2 is 1.86 bits per heavy atom. The van der Waals surface area contributed by atoms with Crippen molar-refractivity contribution in [1.82, 2.24) is 4.90 Å². The van der Waals surface area contributed by atoms with Gasteiger partial charge in [0.1, 0.15) is 4.32 Å². The van der Waals surface area contributed by atoms with E-state index in [1.807, 2.05) is 0 Å². The molecule has 0 spiro atoms. The van der Waals surface area contributed by atoms with Gasteiger partial charge in [-0.1, -0.05) is 66.4 Å². The van der Waals surface area contributed by atoms with E-state index in [-0.39, 0.29) is 4.32 Å². The van der Waals surface area contributed by atoms with Gasteiger partial charge in [0.25, 0.3) is 5.91 Å². The summed E-state index contributed by atoms with van der Waals surface area (Å²) in [6.45, 7) is 0. The van der Waals surface area contributed by atoms with Crippen molar-refractivity contribution in [3.05, 3.63) is 64.6 Å². The minimum Gasteiger partial charge on any atom is -0.493 e. The van der Waals surface area contributed by atoms with Gasteiger partial charge in [0.15, 0.2) is 17.5 Å². The minimum absolute atomic E-state index is 0.189. The van der Waals surface area contributed by atoms with E-state index >= 15 is 0 Å². The molecular formula is C20H17NO5S2. The zero-order valence-corrected chi connectivity index (χ0v) is 16.8. The van der Waals surface area contributed by atoms with Crippen LogP contribution in [0.5, 0.6) is 11.5 Å². The van der Waals surface area contributed by atoms with E-state index in [1.54, 1.807) is 54.6 Å². The van der Waals surface area contributed by atoms with Crippen molar-refractivity contribution in [3.8, 4) is 11.5 Å². The Morgan fingerprint density at radius 3 is 2.46 bits per heavy atom. The number of carbonyl (C=O) groups excluding carboxylic acids is 1. The number of amides is 1. The molecule has 1 heterocycles. The topological polar surface area (TPSA) is 76.1 Å². The number of para-hydroxylation sites is 1. The molecule has 1 amide bonds. The Balaban J connectivity index is 2.00. The maximum atomic E-state index is 13.0. The van der Waals surface area contributed by atoms with Crippen LogP contribution in [0.25, 0.3) is 6.08 Å². The van der Waals surface area contributed by atoms with Gasteiger partial charge in [0, 0.05) is 5.56 Å². The lowest BCUT2D eigenvalue weighted by molar-refractivity contribution is -0.145. The van der Waals surface area contributed by atoms with Gasteiger partial charge in [-0.25, -0.2) is 4.79 Å². The van der Waals surface area contributed by atoms with Crippen LogP contribution in [0.3, 0.4) is 0 Å². The Kier molecular flexibility index (Phi) is 6.01. The van der Waals surface area contributed by atoms with Crippen molar-refractivity contribution in [3.63, 3.8) is 0 Å². The van der Waals surface area contributed by atoms with Crippen molar-refractivity contribution in [2.75, 3.05) is 14.2 Å². The summed E-state index contributed by atoms with van der Waals surface area (Å²) in [5.74, 6) is -0.605. The van der Waals surface area contributed by atoms with Crippen LogP contribution in [0.15, 0.2) is 53.4 Å². The molecule has 0 aliphatic carbocycles. The third-order valence-electron chi connectivity index (χ3n) is 4.15. The third-order valence-corrected chi connectivity index (χ3v) is 5.48. The molecule has 1 saturated heterocycles. The van der Waals surface area contributed by atoms with E-state index in [9.17, 15) is 14.7 Å². The Bertz CT molecular complexity index is 958. The van der Waals surface area contributed by atoms with Gasteiger partial charge >= 0.3 is 5.97 Å². The summed E-state index contributed by atoms with van der Waals surface area (Å²) < 4.78 is 10.9. The maximum absolute atomic E-state index is 13.0. The predicted molar refractivity (Wildman–Crippen MR) is 111 cm³/mol. The SMILES string of the molecule is COc1cccc(/C=C2\SC(=S)N([C@H](C(=O)O)c3ccccc3)C2=O)c1OC. The summed E-state index contributed by atoms with van der Waals surface area (Å²) in [5, 5.41) is 9.73. The number of methoxy groups -OCH3 is 2. The first-order valence-corrected chi connectivity index (χ1v) is 9.46. The molecule has 1 atom stereocenters. The fourth-order valence-electron chi connectivity index (χ4n) is 2.91. The molecular weight excluding hydrogens is 398 g/mol. The molecule has 28 heavy (non-hydrogen) atoms. The van der Waals surface area contributed by atoms with Crippen molar-refractivity contribution in [2.45, 2.75) is 6.04 Å². The normalized spacial score (nSPS) is 16.4. The Morgan fingerprint density at radius 1 is 1.14 bits per heavy atom. The van der Waals surface area contributed by atoms with Crippen LogP contribution in [0, 0.1) is 0 Å². The van der Waals surface area contributed by atoms with Crippen molar-refractivity contribution in [2.24, 2.45) is 0 Å². The van der Waals surface area contributed by atoms with E-state index in [0.29, 0.717) is 27.5 Å². The van der Waals surface area contributed by atoms with Gasteiger partial charge in [0.05, 0.1) is 19.1 Å². The third kappa shape index (κ3) is 3.74. The molecule has 6 nitrogen and oxygen atoms in total. The molecule has 8 heteroatoms. The summed E-state index contributed by atoms with van der Waals surface area (Å²) >= 11 is 6.38. The minimum atomic E-state index is -1.19. The number of rotatable bonds is 6. The zero-order chi connectivity index (χ0) is 20.3. The number of aliphatic carboxylic acids is 1. The van der Waals surface area contributed by atoms with Crippen LogP contribution in [0.2, 0.25) is 0 Å². The number of benzene rings is 2. The second kappa shape index (κ2) is 8.45. The molecule has 144 valence electrons. The molecule has 0 radical (unpaired) electrons. The smallest absolute Gasteiger partial charge is 0.331 e. The number of thioether (sulfide) groups is 1. The first-order chi connectivity index (χ1) is 13.5. The van der Waals surface area contributed by atoms with Gasteiger partial charge < -0.3 is 14.6 Å². The van der Waals surface area contributed by atoms with Gasteiger partial charge in [0.2, 0.25) is 0 Å². The van der Waals surface area contributed by atoms with Gasteiger partial charge in [-0.15, -0.1) is 0 Å². The van der Waals surface area contributed by atoms with Crippen LogP contribution in [-0.4, -0.2) is 40.4 Å². The number of carboxylic acid groups (broad SMARTS) is 1. The Labute approximate surface area is 171 Å². The van der Waals surface area contributed by atoms with Gasteiger partial charge in [-0.3, -0.25) is 9.69 Å². The molecule has 1 aliphatic rings. The first kappa shape index (κ1) is 19.9. The molecule has 0 bridgehead atoms. The molecule has 0 unspecified atom stereocenters. The van der Waals surface area contributed by atoms with E-state index in [4.69, 9.17) is 21.7 Å². The van der Waals surface area contributed by atoms with Gasteiger partial charge in [-0.05, 0) is 17.7 Å². The molecule has 0 saturated carbocycles. The quantitative estimate of drug-likeness (QED) is 0.569. The van der Waals surface area contributed by atoms with Crippen LogP contribution in [-0.2, 0) is 9.59 Å². The maximum Gasteiger partial charge on any atom is 0.331 e. The molecule has 3 rings (SSSR count). The largest absolute Gasteiger partial charge is 0.493 e. The second-order valence-corrected chi connectivity index (χ2v) is 7.46. The van der Waals surface area contributed by atoms with Crippen LogP contribution in [0.4, 0.5) is 0 Å². The lowest BCUT2D eigenvalue weighted by Gasteiger charge is -2.23. The van der Waals surface area contributed by atoms with E-state index in [1.165, 1.54) is 14.2 Å². The van der Waals surface area contributed by atoms with Crippen LogP contribution < -0.4 is 9.47 Å². The molecule has 1 N–H and O–H groups in total. The summed E-state index contributed by atoms with van der Waals surface area (Å²) in [7, 11) is 3.04. The monoisotopic (exact) mass is 415 g/mol. The average Bonchev–Trinajstić information content (AvgIpc) is 2.96. The molecule has 2 aromatic rings. The number of hydrogen-bond acceptors (Lipinski definition) is 6. The predicted octanol–water partition coefficient (Wildman–Crippen LogP) is 3.73. The highest BCUT2D eigenvalue weighted by atomic mass is 32.2. The van der Waals surface area contributed by atoms with E-state index < -0.39 is 17.9 Å². The van der Waals surface area contributed by atoms with Gasteiger partial charge in [-0.2, -0.15) is 0 Å². The second-order valence-electron chi connectivity index (χ2n) is 5.79. The fraction of sp³-hybridized carbons (Fsp3) is 0.150. The first-order valence-electron chi connectivity index (χ1n) is 8.23. The molecule has 2 aromatic carbocycles. The van der Waals surface area contributed by atoms with E-state index in [2.05, 4.69) is 0 Å². The number of hydrogen-bond donors (Lipinski definition) is 1. The average molecular weight is 415 g/mol. The number of carboxylic acids is 1. The molecule has 1 fully saturated rings. The highest BCUT2D eigenvalue weighted by molar-refractivity contribution is 8.26. The van der Waals surface area contributed by atoms with Crippen molar-refractivity contribution < 1.29 is 24.2 Å². The highest BCUT2D eigenvalue weighted by Crippen LogP contribution is 2.40. The lowest BCUT2D eigenvalue weighted by atomic mass is 10.1. The number of carbonyl (C=O) groups is 2. The standard InChI is InChI=1S/C20H17NO5S2/c1-25-14-10-6-9-13(17(14)26-2)11-15-18(22)21(20(27)28-15)16(19(23)24)12-7-4-3-5-8-12/h3-11,16H,1-2H3,(H,23,24)/b15-11-/t16-/m0/s1. The summed E-state index contributed by atoms with van der Waals surface area (Å²) in [5.41, 5.74) is 1.11. The number of thiocarbonyl (C=S) groups is 1.